The number of hydrogen-bond acceptors (Lipinski definition) is 6. The quantitative estimate of drug-likeness (QED) is 0.702. The number of alkyl halides is 3. The van der Waals surface area contributed by atoms with E-state index in [-0.39, 0.29) is 24.0 Å². The van der Waals surface area contributed by atoms with Crippen LogP contribution in [-0.4, -0.2) is 72.1 Å². The third kappa shape index (κ3) is 6.62. The highest BCUT2D eigenvalue weighted by Crippen LogP contribution is 2.34. The van der Waals surface area contributed by atoms with Crippen LogP contribution in [0.3, 0.4) is 0 Å². The molecule has 0 bridgehead atoms. The van der Waals surface area contributed by atoms with Gasteiger partial charge < -0.3 is 14.6 Å². The molecule has 1 aliphatic heterocycles. The average molecular weight is 454 g/mol. The van der Waals surface area contributed by atoms with E-state index >= 15 is 0 Å². The number of carbonyl (C=O) groups is 1. The molecule has 8 nitrogen and oxygen atoms in total. The summed E-state index contributed by atoms with van der Waals surface area (Å²) in [4.78, 5) is 13.1. The third-order valence-corrected chi connectivity index (χ3v) is 6.81. The molecule has 170 valence electrons. The first-order valence-electron chi connectivity index (χ1n) is 9.49. The number of carboxylic acid groups (broad SMARTS) is 1. The molecule has 0 radical (unpaired) electrons. The number of sulfonamides is 1. The van der Waals surface area contributed by atoms with Crippen molar-refractivity contribution in [2.24, 2.45) is 0 Å². The smallest absolute Gasteiger partial charge is 0.475 e. The first-order chi connectivity index (χ1) is 14.1. The maximum Gasteiger partial charge on any atom is 0.490 e. The maximum absolute atomic E-state index is 12.4. The molecule has 30 heavy (non-hydrogen) atoms. The molecule has 12 heteroatoms. The van der Waals surface area contributed by atoms with Gasteiger partial charge in [-0.05, 0) is 31.4 Å². The lowest BCUT2D eigenvalue weighted by Crippen LogP contribution is -2.54. The SMILES string of the molecule is CCCS(=O)(=O)N1CCO[C@H]2[C@@H](OCc3ccccn3)CC[C@@H]21.O=C(O)C(F)(F)F. The fourth-order valence-corrected chi connectivity index (χ4v) is 5.20. The molecule has 3 atom stereocenters. The number of ether oxygens (including phenoxy) is 2. The van der Waals surface area contributed by atoms with Gasteiger partial charge in [-0.3, -0.25) is 4.98 Å². The summed E-state index contributed by atoms with van der Waals surface area (Å²) in [6.45, 7) is 3.21. The van der Waals surface area contributed by atoms with Crippen molar-refractivity contribution in [3.63, 3.8) is 0 Å². The Kier molecular flexibility index (Phi) is 8.59. The zero-order chi connectivity index (χ0) is 22.4. The van der Waals surface area contributed by atoms with Crippen LogP contribution in [0.25, 0.3) is 0 Å². The molecule has 0 spiro atoms. The molecule has 1 N–H and O–H groups in total. The molecule has 1 aromatic heterocycles. The van der Waals surface area contributed by atoms with Gasteiger partial charge in [0.2, 0.25) is 10.0 Å². The summed E-state index contributed by atoms with van der Waals surface area (Å²) in [5.74, 6) is -2.55. The number of hydrogen-bond donors (Lipinski definition) is 1. The van der Waals surface area contributed by atoms with E-state index in [1.54, 1.807) is 10.5 Å². The minimum atomic E-state index is -5.08. The standard InChI is InChI=1S/C16H24N2O4S.C2HF3O2/c1-2-11-23(19,20)18-9-10-21-16-14(18)6-7-15(16)22-12-13-5-3-4-8-17-13;3-2(4,5)1(6)7/h3-5,8,14-16H,2,6-7,9-12H2,1H3;(H,6,7)/t14-,15-,16+;/m0./s1. The van der Waals surface area contributed by atoms with Crippen LogP contribution in [-0.2, 0) is 30.9 Å². The molecule has 0 aromatic carbocycles. The fourth-order valence-electron chi connectivity index (χ4n) is 3.46. The lowest BCUT2D eigenvalue weighted by atomic mass is 10.1. The first kappa shape index (κ1) is 24.5. The van der Waals surface area contributed by atoms with E-state index < -0.39 is 22.2 Å². The van der Waals surface area contributed by atoms with Crippen LogP contribution in [0.2, 0.25) is 0 Å². The molecule has 0 unspecified atom stereocenters. The second-order valence-corrected chi connectivity index (χ2v) is 8.92. The number of pyridine rings is 1. The highest BCUT2D eigenvalue weighted by molar-refractivity contribution is 7.89. The van der Waals surface area contributed by atoms with Gasteiger partial charge in [-0.1, -0.05) is 13.0 Å². The average Bonchev–Trinajstić information content (AvgIpc) is 3.10. The molecule has 1 saturated heterocycles. The van der Waals surface area contributed by atoms with E-state index in [0.29, 0.717) is 26.2 Å². The Balaban J connectivity index is 0.000000396. The molecule has 0 amide bonds. The van der Waals surface area contributed by atoms with Crippen LogP contribution in [0.5, 0.6) is 0 Å². The van der Waals surface area contributed by atoms with Gasteiger partial charge in [0.05, 0.1) is 36.8 Å². The Labute approximate surface area is 173 Å². The normalized spacial score (nSPS) is 24.6. The lowest BCUT2D eigenvalue weighted by Gasteiger charge is -2.38. The predicted molar refractivity (Wildman–Crippen MR) is 100 cm³/mol. The van der Waals surface area contributed by atoms with Gasteiger partial charge in [0, 0.05) is 12.7 Å². The summed E-state index contributed by atoms with van der Waals surface area (Å²) in [6.07, 6.45) is -1.33. The molecular formula is C18H25F3N2O6S. The summed E-state index contributed by atoms with van der Waals surface area (Å²) in [7, 11) is -3.19. The Bertz CT molecular complexity index is 791. The van der Waals surface area contributed by atoms with Crippen molar-refractivity contribution in [3.8, 4) is 0 Å². The van der Waals surface area contributed by atoms with Crippen molar-refractivity contribution in [3.05, 3.63) is 30.1 Å². The van der Waals surface area contributed by atoms with Crippen LogP contribution < -0.4 is 0 Å². The van der Waals surface area contributed by atoms with Gasteiger partial charge in [0.15, 0.2) is 0 Å². The Hall–Kier alpha value is -1.76. The topological polar surface area (TPSA) is 106 Å². The van der Waals surface area contributed by atoms with Crippen molar-refractivity contribution >= 4 is 16.0 Å². The van der Waals surface area contributed by atoms with Crippen LogP contribution in [0.1, 0.15) is 31.9 Å². The van der Waals surface area contributed by atoms with Crippen molar-refractivity contribution in [1.29, 1.82) is 0 Å². The summed E-state index contributed by atoms with van der Waals surface area (Å²) >= 11 is 0. The Morgan fingerprint density at radius 2 is 2.07 bits per heavy atom. The Morgan fingerprint density at radius 3 is 2.63 bits per heavy atom. The van der Waals surface area contributed by atoms with Gasteiger partial charge in [0.25, 0.3) is 0 Å². The monoisotopic (exact) mass is 454 g/mol. The molecule has 2 aliphatic rings. The minimum Gasteiger partial charge on any atom is -0.475 e. The van der Waals surface area contributed by atoms with Gasteiger partial charge in [0.1, 0.15) is 6.10 Å². The molecule has 1 aliphatic carbocycles. The van der Waals surface area contributed by atoms with Gasteiger partial charge in [-0.25, -0.2) is 13.2 Å². The van der Waals surface area contributed by atoms with Crippen LogP contribution in [0.15, 0.2) is 24.4 Å². The van der Waals surface area contributed by atoms with Crippen LogP contribution in [0, 0.1) is 0 Å². The summed E-state index contributed by atoms with van der Waals surface area (Å²) < 4.78 is 70.1. The van der Waals surface area contributed by atoms with Crippen molar-refractivity contribution < 1.29 is 41.0 Å². The van der Waals surface area contributed by atoms with E-state index in [1.807, 2.05) is 25.1 Å². The third-order valence-electron chi connectivity index (χ3n) is 4.72. The van der Waals surface area contributed by atoms with E-state index in [9.17, 15) is 21.6 Å². The van der Waals surface area contributed by atoms with Crippen LogP contribution in [0.4, 0.5) is 13.2 Å². The van der Waals surface area contributed by atoms with Gasteiger partial charge in [-0.15, -0.1) is 0 Å². The van der Waals surface area contributed by atoms with Gasteiger partial charge in [-0.2, -0.15) is 17.5 Å². The number of aliphatic carboxylic acids is 1. The summed E-state index contributed by atoms with van der Waals surface area (Å²) in [5.41, 5.74) is 0.877. The molecule has 1 saturated carbocycles. The van der Waals surface area contributed by atoms with E-state index in [1.165, 1.54) is 0 Å². The van der Waals surface area contributed by atoms with Crippen molar-refractivity contribution in [2.45, 2.75) is 57.2 Å². The molecule has 1 aromatic rings. The second kappa shape index (κ2) is 10.5. The Morgan fingerprint density at radius 1 is 1.37 bits per heavy atom. The number of halogens is 3. The highest BCUT2D eigenvalue weighted by Gasteiger charge is 2.47. The minimum absolute atomic E-state index is 0.0679. The summed E-state index contributed by atoms with van der Waals surface area (Å²) in [5, 5.41) is 7.12. The number of nitrogens with zero attached hydrogens (tertiary/aromatic N) is 2. The van der Waals surface area contributed by atoms with E-state index in [0.717, 1.165) is 18.5 Å². The van der Waals surface area contributed by atoms with E-state index in [4.69, 9.17) is 19.4 Å². The second-order valence-electron chi connectivity index (χ2n) is 6.88. The molecule has 2 fully saturated rings. The zero-order valence-corrected chi connectivity index (χ0v) is 17.2. The maximum atomic E-state index is 12.4. The van der Waals surface area contributed by atoms with Crippen LogP contribution >= 0.6 is 0 Å². The largest absolute Gasteiger partial charge is 0.490 e. The number of morpholine rings is 1. The first-order valence-corrected chi connectivity index (χ1v) is 11.1. The van der Waals surface area contributed by atoms with Crippen molar-refractivity contribution in [2.75, 3.05) is 18.9 Å². The van der Waals surface area contributed by atoms with Gasteiger partial charge >= 0.3 is 12.1 Å². The fraction of sp³-hybridized carbons (Fsp3) is 0.667. The predicted octanol–water partition coefficient (Wildman–Crippen LogP) is 2.20. The lowest BCUT2D eigenvalue weighted by molar-refractivity contribution is -0.192. The van der Waals surface area contributed by atoms with E-state index in [2.05, 4.69) is 4.98 Å². The molecule has 2 heterocycles. The number of rotatable bonds is 6. The highest BCUT2D eigenvalue weighted by atomic mass is 32.2. The number of aromatic nitrogens is 1. The molecule has 3 rings (SSSR count). The zero-order valence-electron chi connectivity index (χ0n) is 16.4. The summed E-state index contributed by atoms with van der Waals surface area (Å²) in [6, 6.07) is 5.63. The number of fused-ring (bicyclic) bond motifs is 1. The van der Waals surface area contributed by atoms with Crippen molar-refractivity contribution in [1.82, 2.24) is 9.29 Å². The molecular weight excluding hydrogens is 429 g/mol. The number of carboxylic acids is 1.